The minimum Gasteiger partial charge on any atom is -0.497 e. The first-order valence-corrected chi connectivity index (χ1v) is 9.07. The van der Waals surface area contributed by atoms with Crippen LogP contribution in [0.1, 0.15) is 19.3 Å². The molecule has 7 heteroatoms. The highest BCUT2D eigenvalue weighted by atomic mass is 35.5. The third-order valence-corrected chi connectivity index (χ3v) is 5.30. The van der Waals surface area contributed by atoms with E-state index in [1.54, 1.807) is 14.2 Å². The highest BCUT2D eigenvalue weighted by molar-refractivity contribution is 5.99. The van der Waals surface area contributed by atoms with E-state index in [0.717, 1.165) is 38.3 Å². The first-order valence-electron chi connectivity index (χ1n) is 9.07. The maximum atomic E-state index is 13.0. The molecule has 1 aromatic rings. The van der Waals surface area contributed by atoms with Crippen molar-refractivity contribution in [1.29, 1.82) is 0 Å². The molecule has 2 saturated heterocycles. The molecule has 0 spiro atoms. The highest BCUT2D eigenvalue weighted by Gasteiger charge is 2.36. The number of nitrogens with one attached hydrogen (secondary N) is 1. The van der Waals surface area contributed by atoms with E-state index < -0.39 is 0 Å². The molecule has 2 unspecified atom stereocenters. The number of hydrogen-bond donors (Lipinski definition) is 1. The molecule has 0 aromatic heterocycles. The van der Waals surface area contributed by atoms with Crippen LogP contribution in [0.15, 0.2) is 18.2 Å². The Balaban J connectivity index is 0.00000243. The Labute approximate surface area is 162 Å². The average Bonchev–Trinajstić information content (AvgIpc) is 3.03. The van der Waals surface area contributed by atoms with Gasteiger partial charge >= 0.3 is 0 Å². The first kappa shape index (κ1) is 20.8. The number of halogens is 1. The Morgan fingerprint density at radius 2 is 1.88 bits per heavy atom. The number of anilines is 1. The smallest absolute Gasteiger partial charge is 0.244 e. The number of piperidine rings is 1. The second kappa shape index (κ2) is 9.44. The summed E-state index contributed by atoms with van der Waals surface area (Å²) in [5, 5.41) is 3.45. The van der Waals surface area contributed by atoms with Crippen LogP contribution in [0.3, 0.4) is 0 Å². The summed E-state index contributed by atoms with van der Waals surface area (Å²) in [6.07, 6.45) is 3.33. The molecule has 1 aromatic carbocycles. The number of ether oxygens (including phenoxy) is 2. The fourth-order valence-electron chi connectivity index (χ4n) is 3.89. The lowest BCUT2D eigenvalue weighted by Gasteiger charge is -2.30. The lowest BCUT2D eigenvalue weighted by atomic mass is 9.98. The van der Waals surface area contributed by atoms with Crippen LogP contribution >= 0.6 is 12.4 Å². The van der Waals surface area contributed by atoms with Gasteiger partial charge in [0.1, 0.15) is 11.5 Å². The van der Waals surface area contributed by atoms with Crippen molar-refractivity contribution in [1.82, 2.24) is 10.2 Å². The lowest BCUT2D eigenvalue weighted by Crippen LogP contribution is -2.44. The molecule has 2 aliphatic rings. The predicted octanol–water partition coefficient (Wildman–Crippen LogP) is 2.16. The number of benzene rings is 1. The standard InChI is InChI=1S/C19H29N3O3.ClH/c1-21(13-14-5-4-7-20-12-14)18-6-8-22(19(18)23)15-9-16(24-2)11-17(10-15)25-3;/h9-11,14,18,20H,4-8,12-13H2,1-3H3;1H. The number of methoxy groups -OCH3 is 2. The Morgan fingerprint density at radius 1 is 1.19 bits per heavy atom. The second-order valence-electron chi connectivity index (χ2n) is 7.02. The fraction of sp³-hybridized carbons (Fsp3) is 0.632. The summed E-state index contributed by atoms with van der Waals surface area (Å²) in [7, 11) is 5.32. The van der Waals surface area contributed by atoms with Crippen molar-refractivity contribution in [2.75, 3.05) is 52.3 Å². The van der Waals surface area contributed by atoms with Crippen molar-refractivity contribution in [2.24, 2.45) is 5.92 Å². The Morgan fingerprint density at radius 3 is 2.46 bits per heavy atom. The number of carbonyl (C=O) groups is 1. The summed E-state index contributed by atoms with van der Waals surface area (Å²) in [6, 6.07) is 5.57. The van der Waals surface area contributed by atoms with Crippen molar-refractivity contribution in [3.05, 3.63) is 18.2 Å². The van der Waals surface area contributed by atoms with E-state index in [0.29, 0.717) is 17.4 Å². The number of likely N-dealkylation sites (N-methyl/N-ethyl adjacent to an activating group) is 1. The number of nitrogens with zero attached hydrogens (tertiary/aromatic N) is 2. The van der Waals surface area contributed by atoms with Crippen molar-refractivity contribution in [3.8, 4) is 11.5 Å². The largest absolute Gasteiger partial charge is 0.497 e. The maximum Gasteiger partial charge on any atom is 0.244 e. The van der Waals surface area contributed by atoms with E-state index in [-0.39, 0.29) is 24.4 Å². The van der Waals surface area contributed by atoms with Gasteiger partial charge < -0.3 is 19.7 Å². The molecular weight excluding hydrogens is 354 g/mol. The van der Waals surface area contributed by atoms with Gasteiger partial charge in [-0.15, -0.1) is 12.4 Å². The van der Waals surface area contributed by atoms with Gasteiger partial charge in [-0.25, -0.2) is 0 Å². The molecule has 146 valence electrons. The van der Waals surface area contributed by atoms with Crippen molar-refractivity contribution in [2.45, 2.75) is 25.3 Å². The zero-order chi connectivity index (χ0) is 17.8. The van der Waals surface area contributed by atoms with Crippen molar-refractivity contribution >= 4 is 24.0 Å². The molecule has 6 nitrogen and oxygen atoms in total. The van der Waals surface area contributed by atoms with Crippen molar-refractivity contribution in [3.63, 3.8) is 0 Å². The Hall–Kier alpha value is -1.50. The SMILES string of the molecule is COc1cc(OC)cc(N2CCC(N(C)CC3CCCNC3)C2=O)c1.Cl. The van der Waals surface area contributed by atoms with Gasteiger partial charge in [0, 0.05) is 31.3 Å². The first-order chi connectivity index (χ1) is 12.1. The number of rotatable bonds is 6. The topological polar surface area (TPSA) is 54.0 Å². The van der Waals surface area contributed by atoms with E-state index >= 15 is 0 Å². The summed E-state index contributed by atoms with van der Waals surface area (Å²) in [5.41, 5.74) is 0.844. The van der Waals surface area contributed by atoms with Crippen LogP contribution in [0.25, 0.3) is 0 Å². The molecular formula is C19H30ClN3O3. The molecule has 2 atom stereocenters. The molecule has 0 bridgehead atoms. The van der Waals surface area contributed by atoms with E-state index in [4.69, 9.17) is 9.47 Å². The van der Waals surface area contributed by atoms with E-state index in [2.05, 4.69) is 17.3 Å². The Kier molecular flexibility index (Phi) is 7.55. The van der Waals surface area contributed by atoms with E-state index in [1.807, 2.05) is 23.1 Å². The van der Waals surface area contributed by atoms with Gasteiger partial charge in [0.2, 0.25) is 5.91 Å². The van der Waals surface area contributed by atoms with Crippen LogP contribution in [-0.2, 0) is 4.79 Å². The van der Waals surface area contributed by atoms with Gasteiger partial charge in [0.05, 0.1) is 25.9 Å². The van der Waals surface area contributed by atoms with Crippen molar-refractivity contribution < 1.29 is 14.3 Å². The quantitative estimate of drug-likeness (QED) is 0.815. The van der Waals surface area contributed by atoms with Crippen LogP contribution in [-0.4, -0.2) is 64.3 Å². The van der Waals surface area contributed by atoms with Crippen LogP contribution in [0.5, 0.6) is 11.5 Å². The predicted molar refractivity (Wildman–Crippen MR) is 106 cm³/mol. The number of carbonyl (C=O) groups excluding carboxylic acids is 1. The molecule has 1 N–H and O–H groups in total. The van der Waals surface area contributed by atoms with E-state index in [1.165, 1.54) is 12.8 Å². The van der Waals surface area contributed by atoms with Crippen LogP contribution in [0.2, 0.25) is 0 Å². The molecule has 1 amide bonds. The lowest BCUT2D eigenvalue weighted by molar-refractivity contribution is -0.121. The number of hydrogen-bond acceptors (Lipinski definition) is 5. The van der Waals surface area contributed by atoms with Gasteiger partial charge in [0.15, 0.2) is 0 Å². The van der Waals surface area contributed by atoms with Crippen LogP contribution in [0, 0.1) is 5.92 Å². The monoisotopic (exact) mass is 383 g/mol. The molecule has 2 heterocycles. The van der Waals surface area contributed by atoms with Crippen LogP contribution < -0.4 is 19.7 Å². The zero-order valence-electron chi connectivity index (χ0n) is 15.9. The zero-order valence-corrected chi connectivity index (χ0v) is 16.7. The summed E-state index contributed by atoms with van der Waals surface area (Å²) < 4.78 is 10.7. The summed E-state index contributed by atoms with van der Waals surface area (Å²) in [4.78, 5) is 17.1. The van der Waals surface area contributed by atoms with E-state index in [9.17, 15) is 4.79 Å². The Bertz CT molecular complexity index is 585. The fourth-order valence-corrected chi connectivity index (χ4v) is 3.89. The highest BCUT2D eigenvalue weighted by Crippen LogP contribution is 2.32. The third kappa shape index (κ3) is 4.61. The van der Waals surface area contributed by atoms with Gasteiger partial charge in [-0.2, -0.15) is 0 Å². The third-order valence-electron chi connectivity index (χ3n) is 5.30. The van der Waals surface area contributed by atoms with Gasteiger partial charge in [0.25, 0.3) is 0 Å². The second-order valence-corrected chi connectivity index (χ2v) is 7.02. The number of amides is 1. The minimum atomic E-state index is -0.0425. The molecule has 26 heavy (non-hydrogen) atoms. The summed E-state index contributed by atoms with van der Waals surface area (Å²) >= 11 is 0. The van der Waals surface area contributed by atoms with Gasteiger partial charge in [-0.05, 0) is 45.3 Å². The normalized spacial score (nSPS) is 23.1. The minimum absolute atomic E-state index is 0. The summed E-state index contributed by atoms with van der Waals surface area (Å²) in [5.74, 6) is 2.21. The molecule has 0 aliphatic carbocycles. The van der Waals surface area contributed by atoms with Gasteiger partial charge in [-0.3, -0.25) is 9.69 Å². The average molecular weight is 384 g/mol. The van der Waals surface area contributed by atoms with Gasteiger partial charge in [-0.1, -0.05) is 0 Å². The molecule has 2 aliphatic heterocycles. The molecule has 2 fully saturated rings. The molecule has 3 rings (SSSR count). The molecule has 0 radical (unpaired) electrons. The molecule has 0 saturated carbocycles. The summed E-state index contributed by atoms with van der Waals surface area (Å²) in [6.45, 7) is 3.88. The van der Waals surface area contributed by atoms with Crippen LogP contribution in [0.4, 0.5) is 5.69 Å². The maximum absolute atomic E-state index is 13.0.